The maximum atomic E-state index is 10.5. The quantitative estimate of drug-likeness (QED) is 0.411. The van der Waals surface area contributed by atoms with E-state index in [0.29, 0.717) is 11.3 Å². The third-order valence-corrected chi connectivity index (χ3v) is 1.90. The number of hydrogen-bond acceptors (Lipinski definition) is 4. The molecule has 70 valence electrons. The zero-order valence-corrected chi connectivity index (χ0v) is 7.50. The van der Waals surface area contributed by atoms with Crippen LogP contribution < -0.4 is 11.3 Å². The van der Waals surface area contributed by atoms with Crippen LogP contribution in [-0.2, 0) is 0 Å². The molecule has 0 amide bonds. The number of nitrogens with two attached hydrogens (primary N) is 1. The molecule has 5 heteroatoms. The SMILES string of the molecule is Cc1cc([N+](=O)[O-])c(C)cc1NN. The molecule has 0 bridgehead atoms. The number of nitrogens with one attached hydrogen (secondary N) is 1. The van der Waals surface area contributed by atoms with Crippen LogP contribution in [0.3, 0.4) is 0 Å². The molecule has 0 aliphatic heterocycles. The second-order valence-corrected chi connectivity index (χ2v) is 2.86. The third-order valence-electron chi connectivity index (χ3n) is 1.90. The summed E-state index contributed by atoms with van der Waals surface area (Å²) in [4.78, 5) is 10.1. The third kappa shape index (κ3) is 1.75. The molecule has 3 N–H and O–H groups in total. The lowest BCUT2D eigenvalue weighted by molar-refractivity contribution is -0.385. The van der Waals surface area contributed by atoms with Crippen molar-refractivity contribution in [3.05, 3.63) is 33.4 Å². The normalized spacial score (nSPS) is 9.77. The Bertz CT molecular complexity index is 349. The van der Waals surface area contributed by atoms with Gasteiger partial charge >= 0.3 is 0 Å². The zero-order chi connectivity index (χ0) is 10.0. The molecule has 1 aromatic rings. The lowest BCUT2D eigenvalue weighted by Gasteiger charge is -2.05. The summed E-state index contributed by atoms with van der Waals surface area (Å²) >= 11 is 0. The first kappa shape index (κ1) is 9.47. The number of nitro groups is 1. The molecule has 0 fully saturated rings. The molecule has 0 aliphatic carbocycles. The van der Waals surface area contributed by atoms with Crippen LogP contribution in [0, 0.1) is 24.0 Å². The van der Waals surface area contributed by atoms with Gasteiger partial charge in [-0.1, -0.05) is 0 Å². The Labute approximate surface area is 75.7 Å². The van der Waals surface area contributed by atoms with Crippen LogP contribution in [0.5, 0.6) is 0 Å². The van der Waals surface area contributed by atoms with Gasteiger partial charge in [0.25, 0.3) is 5.69 Å². The lowest BCUT2D eigenvalue weighted by Crippen LogP contribution is -2.08. The fourth-order valence-corrected chi connectivity index (χ4v) is 1.15. The summed E-state index contributed by atoms with van der Waals surface area (Å²) in [7, 11) is 0. The molecule has 0 radical (unpaired) electrons. The second kappa shape index (κ2) is 3.40. The minimum atomic E-state index is -0.400. The van der Waals surface area contributed by atoms with Crippen molar-refractivity contribution in [1.29, 1.82) is 0 Å². The maximum absolute atomic E-state index is 10.5. The Hall–Kier alpha value is -1.62. The van der Waals surface area contributed by atoms with Gasteiger partial charge in [-0.25, -0.2) is 0 Å². The fourth-order valence-electron chi connectivity index (χ4n) is 1.15. The van der Waals surface area contributed by atoms with Crippen molar-refractivity contribution in [2.24, 2.45) is 5.84 Å². The summed E-state index contributed by atoms with van der Waals surface area (Å²) in [5, 5.41) is 10.5. The number of nitro benzene ring substituents is 1. The number of aryl methyl sites for hydroxylation is 2. The average molecular weight is 181 g/mol. The van der Waals surface area contributed by atoms with Crippen molar-refractivity contribution in [3.8, 4) is 0 Å². The second-order valence-electron chi connectivity index (χ2n) is 2.86. The molecule has 0 aromatic heterocycles. The van der Waals surface area contributed by atoms with Gasteiger partial charge in [-0.2, -0.15) is 0 Å². The number of benzene rings is 1. The van der Waals surface area contributed by atoms with Crippen LogP contribution in [0.2, 0.25) is 0 Å². The van der Waals surface area contributed by atoms with Gasteiger partial charge in [0.1, 0.15) is 0 Å². The largest absolute Gasteiger partial charge is 0.324 e. The van der Waals surface area contributed by atoms with E-state index >= 15 is 0 Å². The van der Waals surface area contributed by atoms with Crippen molar-refractivity contribution in [2.75, 3.05) is 5.43 Å². The Kier molecular flexibility index (Phi) is 2.48. The van der Waals surface area contributed by atoms with Crippen LogP contribution in [0.15, 0.2) is 12.1 Å². The van der Waals surface area contributed by atoms with E-state index in [4.69, 9.17) is 5.84 Å². The van der Waals surface area contributed by atoms with Crippen molar-refractivity contribution >= 4 is 11.4 Å². The molecule has 13 heavy (non-hydrogen) atoms. The Morgan fingerprint density at radius 3 is 2.46 bits per heavy atom. The summed E-state index contributed by atoms with van der Waals surface area (Å²) in [6, 6.07) is 3.16. The van der Waals surface area contributed by atoms with Crippen LogP contribution >= 0.6 is 0 Å². The highest BCUT2D eigenvalue weighted by Crippen LogP contribution is 2.24. The van der Waals surface area contributed by atoms with Gasteiger partial charge in [-0.05, 0) is 25.5 Å². The summed E-state index contributed by atoms with van der Waals surface area (Å²) in [6.07, 6.45) is 0. The van der Waals surface area contributed by atoms with Crippen molar-refractivity contribution in [1.82, 2.24) is 0 Å². The first-order chi connectivity index (χ1) is 6.06. The first-order valence-corrected chi connectivity index (χ1v) is 3.78. The van der Waals surface area contributed by atoms with Crippen molar-refractivity contribution in [3.63, 3.8) is 0 Å². The number of rotatable bonds is 2. The summed E-state index contributed by atoms with van der Waals surface area (Å²) in [5.41, 5.74) is 4.68. The van der Waals surface area contributed by atoms with E-state index in [-0.39, 0.29) is 5.69 Å². The van der Waals surface area contributed by atoms with Gasteiger partial charge in [-0.3, -0.25) is 16.0 Å². The van der Waals surface area contributed by atoms with E-state index in [1.165, 1.54) is 6.07 Å². The highest BCUT2D eigenvalue weighted by Gasteiger charge is 2.12. The fraction of sp³-hybridized carbons (Fsp3) is 0.250. The van der Waals surface area contributed by atoms with Gasteiger partial charge in [0.15, 0.2) is 0 Å². The Morgan fingerprint density at radius 1 is 1.38 bits per heavy atom. The molecule has 0 unspecified atom stereocenters. The highest BCUT2D eigenvalue weighted by atomic mass is 16.6. The van der Waals surface area contributed by atoms with E-state index in [1.807, 2.05) is 0 Å². The van der Waals surface area contributed by atoms with Crippen LogP contribution in [0.25, 0.3) is 0 Å². The van der Waals surface area contributed by atoms with Gasteiger partial charge in [-0.15, -0.1) is 0 Å². The summed E-state index contributed by atoms with van der Waals surface area (Å²) in [5.74, 6) is 5.23. The number of nitrogens with zero attached hydrogens (tertiary/aromatic N) is 1. The van der Waals surface area contributed by atoms with Crippen LogP contribution in [0.1, 0.15) is 11.1 Å². The highest BCUT2D eigenvalue weighted by molar-refractivity contribution is 5.58. The molecule has 0 aliphatic rings. The average Bonchev–Trinajstić information content (AvgIpc) is 2.07. The van der Waals surface area contributed by atoms with Crippen LogP contribution in [-0.4, -0.2) is 4.92 Å². The predicted molar refractivity (Wildman–Crippen MR) is 50.4 cm³/mol. The molecule has 0 spiro atoms. The predicted octanol–water partition coefficient (Wildman–Crippen LogP) is 1.50. The number of anilines is 1. The zero-order valence-electron chi connectivity index (χ0n) is 7.50. The number of hydrazine groups is 1. The minimum Gasteiger partial charge on any atom is -0.324 e. The Balaban J connectivity index is 3.28. The maximum Gasteiger partial charge on any atom is 0.272 e. The lowest BCUT2D eigenvalue weighted by atomic mass is 10.1. The molecule has 1 aromatic carbocycles. The monoisotopic (exact) mass is 181 g/mol. The summed E-state index contributed by atoms with van der Waals surface area (Å²) < 4.78 is 0. The van der Waals surface area contributed by atoms with E-state index in [0.717, 1.165) is 5.56 Å². The van der Waals surface area contributed by atoms with Gasteiger partial charge in [0.05, 0.1) is 10.6 Å². The first-order valence-electron chi connectivity index (χ1n) is 3.78. The molecule has 0 atom stereocenters. The van der Waals surface area contributed by atoms with E-state index in [1.54, 1.807) is 19.9 Å². The topological polar surface area (TPSA) is 81.2 Å². The molecular weight excluding hydrogens is 170 g/mol. The van der Waals surface area contributed by atoms with Gasteiger partial charge in [0.2, 0.25) is 0 Å². The smallest absolute Gasteiger partial charge is 0.272 e. The standard InChI is InChI=1S/C8H11N3O2/c1-5-4-8(11(12)13)6(2)3-7(5)10-9/h3-4,10H,9H2,1-2H3. The van der Waals surface area contributed by atoms with E-state index in [2.05, 4.69) is 5.43 Å². The van der Waals surface area contributed by atoms with E-state index < -0.39 is 4.92 Å². The molecule has 5 nitrogen and oxygen atoms in total. The molecular formula is C8H11N3O2. The minimum absolute atomic E-state index is 0.122. The van der Waals surface area contributed by atoms with Gasteiger partial charge < -0.3 is 5.43 Å². The van der Waals surface area contributed by atoms with E-state index in [9.17, 15) is 10.1 Å². The molecule has 1 rings (SSSR count). The van der Waals surface area contributed by atoms with Gasteiger partial charge in [0, 0.05) is 11.6 Å². The molecule has 0 heterocycles. The molecule has 0 saturated carbocycles. The van der Waals surface area contributed by atoms with Crippen molar-refractivity contribution < 1.29 is 4.92 Å². The van der Waals surface area contributed by atoms with Crippen LogP contribution in [0.4, 0.5) is 11.4 Å². The number of hydrogen-bond donors (Lipinski definition) is 2. The number of nitrogen functional groups attached to an aromatic ring is 1. The van der Waals surface area contributed by atoms with Crippen molar-refractivity contribution in [2.45, 2.75) is 13.8 Å². The molecule has 0 saturated heterocycles. The Morgan fingerprint density at radius 2 is 2.00 bits per heavy atom. The summed E-state index contributed by atoms with van der Waals surface area (Å²) in [6.45, 7) is 3.44.